The molecular weight excluding hydrogens is 382 g/mol. The Morgan fingerprint density at radius 3 is 2.55 bits per heavy atom. The van der Waals surface area contributed by atoms with Crippen molar-refractivity contribution in [3.8, 4) is 16.3 Å². The van der Waals surface area contributed by atoms with Crippen molar-refractivity contribution in [3.05, 3.63) is 70.7 Å². The van der Waals surface area contributed by atoms with Gasteiger partial charge in [-0.3, -0.25) is 9.69 Å². The summed E-state index contributed by atoms with van der Waals surface area (Å²) in [5, 5.41) is 2.72. The molecule has 0 radical (unpaired) electrons. The van der Waals surface area contributed by atoms with Gasteiger partial charge in [0.15, 0.2) is 0 Å². The molecule has 0 unspecified atom stereocenters. The van der Waals surface area contributed by atoms with Crippen molar-refractivity contribution in [1.82, 2.24) is 14.8 Å². The Balaban J connectivity index is 1.35. The summed E-state index contributed by atoms with van der Waals surface area (Å²) in [7, 11) is 1.65. The lowest BCUT2D eigenvalue weighted by atomic mass is 10.1. The lowest BCUT2D eigenvalue weighted by molar-refractivity contribution is 0.0623. The molecule has 1 saturated heterocycles. The Morgan fingerprint density at radius 1 is 1.10 bits per heavy atom. The maximum Gasteiger partial charge on any atom is 0.273 e. The van der Waals surface area contributed by atoms with E-state index in [1.165, 1.54) is 22.5 Å². The van der Waals surface area contributed by atoms with E-state index in [9.17, 15) is 4.79 Å². The fraction of sp³-hybridized carbons (Fsp3) is 0.304. The van der Waals surface area contributed by atoms with E-state index in [1.807, 2.05) is 34.5 Å². The molecule has 2 heterocycles. The third kappa shape index (κ3) is 4.66. The van der Waals surface area contributed by atoms with Crippen LogP contribution in [0.25, 0.3) is 10.6 Å². The highest BCUT2D eigenvalue weighted by atomic mass is 32.1. The van der Waals surface area contributed by atoms with E-state index in [-0.39, 0.29) is 5.91 Å². The summed E-state index contributed by atoms with van der Waals surface area (Å²) in [6, 6.07) is 16.4. The van der Waals surface area contributed by atoms with Crippen molar-refractivity contribution < 1.29 is 9.53 Å². The second kappa shape index (κ2) is 8.76. The summed E-state index contributed by atoms with van der Waals surface area (Å²) >= 11 is 1.50. The Labute approximate surface area is 175 Å². The average Bonchev–Trinajstić information content (AvgIpc) is 3.24. The van der Waals surface area contributed by atoms with Gasteiger partial charge in [0.2, 0.25) is 0 Å². The third-order valence-corrected chi connectivity index (χ3v) is 6.10. The Hall–Kier alpha value is -2.70. The van der Waals surface area contributed by atoms with Gasteiger partial charge in [-0.2, -0.15) is 0 Å². The summed E-state index contributed by atoms with van der Waals surface area (Å²) in [6.07, 6.45) is 0. The van der Waals surface area contributed by atoms with Gasteiger partial charge in [0.1, 0.15) is 16.5 Å². The molecule has 0 spiro atoms. The molecule has 5 nitrogen and oxygen atoms in total. The number of piperazine rings is 1. The first-order chi connectivity index (χ1) is 14.1. The normalized spacial score (nSPS) is 14.8. The molecule has 4 rings (SSSR count). The Morgan fingerprint density at radius 2 is 1.86 bits per heavy atom. The van der Waals surface area contributed by atoms with Crippen molar-refractivity contribution >= 4 is 17.2 Å². The van der Waals surface area contributed by atoms with Crippen molar-refractivity contribution in [3.63, 3.8) is 0 Å². The van der Waals surface area contributed by atoms with Crippen LogP contribution in [0.5, 0.6) is 5.75 Å². The molecule has 0 aliphatic carbocycles. The van der Waals surface area contributed by atoms with Gasteiger partial charge >= 0.3 is 0 Å². The molecule has 150 valence electrons. The molecule has 6 heteroatoms. The van der Waals surface area contributed by atoms with Gasteiger partial charge in [0, 0.05) is 43.7 Å². The fourth-order valence-electron chi connectivity index (χ4n) is 3.58. The van der Waals surface area contributed by atoms with E-state index >= 15 is 0 Å². The molecule has 0 bridgehead atoms. The number of thiazole rings is 1. The number of hydrogen-bond acceptors (Lipinski definition) is 5. The molecule has 0 N–H and O–H groups in total. The van der Waals surface area contributed by atoms with Crippen molar-refractivity contribution in [2.75, 3.05) is 33.3 Å². The zero-order valence-corrected chi connectivity index (χ0v) is 17.6. The summed E-state index contributed by atoms with van der Waals surface area (Å²) in [6.45, 7) is 6.29. The van der Waals surface area contributed by atoms with Crippen LogP contribution in [0.1, 0.15) is 21.6 Å². The molecule has 0 saturated carbocycles. The van der Waals surface area contributed by atoms with Crippen LogP contribution in [-0.2, 0) is 6.54 Å². The number of benzene rings is 2. The first-order valence-electron chi connectivity index (χ1n) is 9.79. The summed E-state index contributed by atoms with van der Waals surface area (Å²) < 4.78 is 5.20. The van der Waals surface area contributed by atoms with Gasteiger partial charge in [0.25, 0.3) is 5.91 Å². The van der Waals surface area contributed by atoms with Crippen LogP contribution in [0.15, 0.2) is 53.9 Å². The first kappa shape index (κ1) is 19.6. The van der Waals surface area contributed by atoms with Crippen LogP contribution in [0.3, 0.4) is 0 Å². The van der Waals surface area contributed by atoms with Crippen molar-refractivity contribution in [1.29, 1.82) is 0 Å². The van der Waals surface area contributed by atoms with Gasteiger partial charge in [-0.25, -0.2) is 4.98 Å². The number of aromatic nitrogens is 1. The quantitative estimate of drug-likeness (QED) is 0.639. The summed E-state index contributed by atoms with van der Waals surface area (Å²) in [5.74, 6) is 0.835. The number of aryl methyl sites for hydroxylation is 1. The minimum atomic E-state index is 0.0243. The van der Waals surface area contributed by atoms with E-state index in [1.54, 1.807) is 7.11 Å². The molecule has 1 amide bonds. The van der Waals surface area contributed by atoms with E-state index in [0.717, 1.165) is 49.0 Å². The van der Waals surface area contributed by atoms with Gasteiger partial charge in [-0.05, 0) is 36.8 Å². The van der Waals surface area contributed by atoms with Crippen LogP contribution in [0, 0.1) is 6.92 Å². The summed E-state index contributed by atoms with van der Waals surface area (Å²) in [5.41, 5.74) is 4.15. The van der Waals surface area contributed by atoms with E-state index in [2.05, 4.69) is 41.1 Å². The number of carbonyl (C=O) groups is 1. The molecule has 29 heavy (non-hydrogen) atoms. The second-order valence-corrected chi connectivity index (χ2v) is 8.18. The van der Waals surface area contributed by atoms with Gasteiger partial charge in [-0.1, -0.05) is 29.8 Å². The molecular formula is C23H25N3O2S. The van der Waals surface area contributed by atoms with Gasteiger partial charge in [0.05, 0.1) is 7.11 Å². The molecule has 1 aliphatic rings. The lowest BCUT2D eigenvalue weighted by Gasteiger charge is -2.34. The molecule has 2 aromatic carbocycles. The van der Waals surface area contributed by atoms with E-state index in [4.69, 9.17) is 4.74 Å². The Bertz CT molecular complexity index is 976. The first-order valence-corrected chi connectivity index (χ1v) is 10.7. The summed E-state index contributed by atoms with van der Waals surface area (Å²) in [4.78, 5) is 21.8. The van der Waals surface area contributed by atoms with Crippen LogP contribution < -0.4 is 4.74 Å². The standard InChI is InChI=1S/C23H25N3O2S/c1-17-4-3-5-18(14-17)15-25-10-12-26(13-11-25)23(27)21-16-29-22(24-21)19-6-8-20(28-2)9-7-19/h3-9,14,16H,10-13,15H2,1-2H3. The fourth-order valence-corrected chi connectivity index (χ4v) is 4.38. The number of amides is 1. The van der Waals surface area contributed by atoms with Crippen molar-refractivity contribution in [2.45, 2.75) is 13.5 Å². The maximum atomic E-state index is 12.9. The van der Waals surface area contributed by atoms with Crippen molar-refractivity contribution in [2.24, 2.45) is 0 Å². The zero-order chi connectivity index (χ0) is 20.2. The average molecular weight is 408 g/mol. The smallest absolute Gasteiger partial charge is 0.273 e. The molecule has 3 aromatic rings. The largest absolute Gasteiger partial charge is 0.497 e. The van der Waals surface area contributed by atoms with Gasteiger partial charge in [-0.15, -0.1) is 11.3 Å². The van der Waals surface area contributed by atoms with Crippen LogP contribution >= 0.6 is 11.3 Å². The maximum absolute atomic E-state index is 12.9. The minimum Gasteiger partial charge on any atom is -0.497 e. The lowest BCUT2D eigenvalue weighted by Crippen LogP contribution is -2.48. The number of nitrogens with zero attached hydrogens (tertiary/aromatic N) is 3. The number of rotatable bonds is 5. The topological polar surface area (TPSA) is 45.7 Å². The molecule has 1 aliphatic heterocycles. The number of hydrogen-bond donors (Lipinski definition) is 0. The predicted molar refractivity (Wildman–Crippen MR) is 116 cm³/mol. The highest BCUT2D eigenvalue weighted by molar-refractivity contribution is 7.13. The van der Waals surface area contributed by atoms with E-state index in [0.29, 0.717) is 5.69 Å². The zero-order valence-electron chi connectivity index (χ0n) is 16.8. The van der Waals surface area contributed by atoms with Crippen LogP contribution in [0.2, 0.25) is 0 Å². The second-order valence-electron chi connectivity index (χ2n) is 7.32. The van der Waals surface area contributed by atoms with Gasteiger partial charge < -0.3 is 9.64 Å². The molecule has 0 atom stereocenters. The number of ether oxygens (including phenoxy) is 1. The third-order valence-electron chi connectivity index (χ3n) is 5.21. The van der Waals surface area contributed by atoms with E-state index < -0.39 is 0 Å². The highest BCUT2D eigenvalue weighted by Gasteiger charge is 2.24. The number of carbonyl (C=O) groups excluding carboxylic acids is 1. The predicted octanol–water partition coefficient (Wildman–Crippen LogP) is 4.09. The minimum absolute atomic E-state index is 0.0243. The highest BCUT2D eigenvalue weighted by Crippen LogP contribution is 2.26. The monoisotopic (exact) mass is 407 g/mol. The molecule has 1 fully saturated rings. The van der Waals surface area contributed by atoms with Crippen LogP contribution in [-0.4, -0.2) is 54.0 Å². The Kier molecular flexibility index (Phi) is 5.92. The number of methoxy groups -OCH3 is 1. The molecule has 1 aromatic heterocycles. The SMILES string of the molecule is COc1ccc(-c2nc(C(=O)N3CCN(Cc4cccc(C)c4)CC3)cs2)cc1. The van der Waals surface area contributed by atoms with Crippen LogP contribution in [0.4, 0.5) is 0 Å².